The van der Waals surface area contributed by atoms with Gasteiger partial charge in [0.25, 0.3) is 0 Å². The number of fused-ring (bicyclic) bond motifs is 1. The smallest absolute Gasteiger partial charge is 0.328 e. The van der Waals surface area contributed by atoms with Crippen molar-refractivity contribution in [2.45, 2.75) is 6.42 Å². The molecule has 9 heteroatoms. The van der Waals surface area contributed by atoms with Crippen LogP contribution in [0, 0.1) is 0 Å². The summed E-state index contributed by atoms with van der Waals surface area (Å²) in [7, 11) is 5.48. The molecule has 0 bridgehead atoms. The summed E-state index contributed by atoms with van der Waals surface area (Å²) in [4.78, 5) is 42.3. The fourth-order valence-corrected chi connectivity index (χ4v) is 1.56. The number of likely N-dealkylation sites (N-methyl/N-ethyl adjacent to an activating group) is 1. The van der Waals surface area contributed by atoms with E-state index in [4.69, 9.17) is 10.2 Å². The van der Waals surface area contributed by atoms with Gasteiger partial charge in [0.15, 0.2) is 0 Å². The molecule has 0 aliphatic carbocycles. The van der Waals surface area contributed by atoms with Crippen molar-refractivity contribution in [3.05, 3.63) is 23.9 Å². The highest BCUT2D eigenvalue weighted by atomic mass is 16.4. The number of hydrogen-bond acceptors (Lipinski definition) is 6. The van der Waals surface area contributed by atoms with Gasteiger partial charge in [0.1, 0.15) is 5.82 Å². The van der Waals surface area contributed by atoms with E-state index in [0.29, 0.717) is 24.5 Å². The van der Waals surface area contributed by atoms with Crippen LogP contribution >= 0.6 is 0 Å². The van der Waals surface area contributed by atoms with Crippen LogP contribution < -0.4 is 9.80 Å². The van der Waals surface area contributed by atoms with E-state index in [2.05, 4.69) is 9.97 Å². The van der Waals surface area contributed by atoms with Crippen LogP contribution in [0.1, 0.15) is 5.56 Å². The van der Waals surface area contributed by atoms with E-state index in [1.54, 1.807) is 18.1 Å². The van der Waals surface area contributed by atoms with Crippen molar-refractivity contribution in [3.8, 4) is 0 Å². The highest BCUT2D eigenvalue weighted by Gasteiger charge is 2.26. The lowest BCUT2D eigenvalue weighted by atomic mass is 10.3. The summed E-state index contributed by atoms with van der Waals surface area (Å²) in [5.74, 6) is -1.08. The number of carboxylic acid groups (broad SMARTS) is 2. The largest absolute Gasteiger partial charge is 0.478 e. The number of amides is 1. The normalized spacial score (nSPS) is 12.7. The Morgan fingerprint density at radius 2 is 1.82 bits per heavy atom. The minimum Gasteiger partial charge on any atom is -0.478 e. The van der Waals surface area contributed by atoms with Crippen molar-refractivity contribution in [1.29, 1.82) is 0 Å². The molecule has 0 fully saturated rings. The van der Waals surface area contributed by atoms with Crippen LogP contribution in [0.25, 0.3) is 0 Å². The van der Waals surface area contributed by atoms with E-state index in [1.165, 1.54) is 0 Å². The second-order valence-electron chi connectivity index (χ2n) is 4.55. The summed E-state index contributed by atoms with van der Waals surface area (Å²) in [6.45, 7) is 0. The van der Waals surface area contributed by atoms with Crippen molar-refractivity contribution in [2.75, 3.05) is 30.9 Å². The van der Waals surface area contributed by atoms with Crippen LogP contribution in [0.2, 0.25) is 0 Å². The number of hydrogen-bond donors (Lipinski definition) is 2. The number of carbonyl (C=O) groups excluding carboxylic acids is 1. The van der Waals surface area contributed by atoms with E-state index in [1.807, 2.05) is 19.0 Å². The molecule has 1 aromatic heterocycles. The first-order valence-electron chi connectivity index (χ1n) is 6.16. The van der Waals surface area contributed by atoms with Crippen molar-refractivity contribution in [3.63, 3.8) is 0 Å². The van der Waals surface area contributed by atoms with Crippen LogP contribution in [0.4, 0.5) is 11.8 Å². The van der Waals surface area contributed by atoms with Crippen LogP contribution in [0.5, 0.6) is 0 Å². The second-order valence-corrected chi connectivity index (χ2v) is 4.55. The van der Waals surface area contributed by atoms with E-state index >= 15 is 0 Å². The zero-order chi connectivity index (χ0) is 16.9. The number of aliphatic carboxylic acids is 2. The molecule has 0 saturated heterocycles. The Labute approximate surface area is 126 Å². The van der Waals surface area contributed by atoms with Gasteiger partial charge in [0.05, 0.1) is 6.42 Å². The van der Waals surface area contributed by atoms with Gasteiger partial charge in [0.2, 0.25) is 11.9 Å². The summed E-state index contributed by atoms with van der Waals surface area (Å²) in [5.41, 5.74) is 0.906. The summed E-state index contributed by atoms with van der Waals surface area (Å²) in [6.07, 6.45) is 3.25. The molecule has 1 aliphatic rings. The second kappa shape index (κ2) is 7.16. The maximum Gasteiger partial charge on any atom is 0.328 e. The van der Waals surface area contributed by atoms with Crippen molar-refractivity contribution >= 4 is 29.6 Å². The standard InChI is InChI=1S/C9H12N4O.C4H4O4/c1-12(2)9-10-5-6-4-7(14)13(3)8(6)11-9;5-3(6)1-2-4(7)8/h5H,4H2,1-3H3;1-2H,(H,5,6)(H,7,8)/b;2-1+. The minimum atomic E-state index is -1.26. The molecule has 0 atom stereocenters. The van der Waals surface area contributed by atoms with Crippen LogP contribution in [0.3, 0.4) is 0 Å². The van der Waals surface area contributed by atoms with E-state index < -0.39 is 11.9 Å². The first-order valence-corrected chi connectivity index (χ1v) is 6.16. The predicted octanol–water partition coefficient (Wildman–Crippen LogP) is -0.227. The van der Waals surface area contributed by atoms with Crippen molar-refractivity contribution in [2.24, 2.45) is 0 Å². The van der Waals surface area contributed by atoms with Crippen LogP contribution in [0.15, 0.2) is 18.3 Å². The van der Waals surface area contributed by atoms with Gasteiger partial charge >= 0.3 is 11.9 Å². The molecule has 0 radical (unpaired) electrons. The predicted molar refractivity (Wildman–Crippen MR) is 77.9 cm³/mol. The van der Waals surface area contributed by atoms with E-state index in [-0.39, 0.29) is 5.91 Å². The van der Waals surface area contributed by atoms with Gasteiger partial charge in [-0.25, -0.2) is 14.6 Å². The molecule has 1 amide bonds. The molecule has 0 saturated carbocycles. The summed E-state index contributed by atoms with van der Waals surface area (Å²) < 4.78 is 0. The lowest BCUT2D eigenvalue weighted by Gasteiger charge is -2.13. The monoisotopic (exact) mass is 308 g/mol. The number of carbonyl (C=O) groups is 3. The van der Waals surface area contributed by atoms with Gasteiger partial charge in [-0.2, -0.15) is 4.98 Å². The lowest BCUT2D eigenvalue weighted by molar-refractivity contribution is -0.134. The SMILES string of the molecule is CN(C)c1ncc2c(n1)N(C)C(=O)C2.O=C(O)/C=C/C(=O)O. The molecule has 1 aliphatic heterocycles. The molecule has 0 aromatic carbocycles. The molecule has 2 rings (SSSR count). The number of rotatable bonds is 3. The Balaban J connectivity index is 0.000000261. The van der Waals surface area contributed by atoms with Gasteiger partial charge in [-0.05, 0) is 0 Å². The zero-order valence-corrected chi connectivity index (χ0v) is 12.3. The van der Waals surface area contributed by atoms with Gasteiger partial charge in [-0.15, -0.1) is 0 Å². The van der Waals surface area contributed by atoms with E-state index in [0.717, 1.165) is 11.4 Å². The average Bonchev–Trinajstić information content (AvgIpc) is 2.72. The lowest BCUT2D eigenvalue weighted by Crippen LogP contribution is -2.22. The Kier molecular flexibility index (Phi) is 5.56. The van der Waals surface area contributed by atoms with Gasteiger partial charge in [0, 0.05) is 45.1 Å². The molecule has 118 valence electrons. The quantitative estimate of drug-likeness (QED) is 0.734. The van der Waals surface area contributed by atoms with Gasteiger partial charge in [-0.1, -0.05) is 0 Å². The molecular formula is C13H16N4O5. The van der Waals surface area contributed by atoms with Gasteiger partial charge in [-0.3, -0.25) is 9.69 Å². The molecule has 0 spiro atoms. The van der Waals surface area contributed by atoms with E-state index in [9.17, 15) is 14.4 Å². The number of aromatic nitrogens is 2. The third-order valence-corrected chi connectivity index (χ3v) is 2.63. The first kappa shape index (κ1) is 17.1. The summed E-state index contributed by atoms with van der Waals surface area (Å²) in [5, 5.41) is 15.6. The third kappa shape index (κ3) is 4.54. The highest BCUT2D eigenvalue weighted by Crippen LogP contribution is 2.25. The highest BCUT2D eigenvalue weighted by molar-refractivity contribution is 5.99. The van der Waals surface area contributed by atoms with Gasteiger partial charge < -0.3 is 15.1 Å². The van der Waals surface area contributed by atoms with Crippen LogP contribution in [-0.4, -0.2) is 59.2 Å². The molecule has 22 heavy (non-hydrogen) atoms. The Morgan fingerprint density at radius 1 is 1.27 bits per heavy atom. The number of anilines is 2. The molecule has 2 heterocycles. The molecule has 1 aromatic rings. The average molecular weight is 308 g/mol. The minimum absolute atomic E-state index is 0.0743. The molecule has 9 nitrogen and oxygen atoms in total. The summed E-state index contributed by atoms with van der Waals surface area (Å²) in [6, 6.07) is 0. The molecular weight excluding hydrogens is 292 g/mol. The maximum absolute atomic E-state index is 11.4. The fourth-order valence-electron chi connectivity index (χ4n) is 1.56. The number of carboxylic acids is 2. The first-order chi connectivity index (χ1) is 10.2. The molecule has 2 N–H and O–H groups in total. The maximum atomic E-state index is 11.4. The molecule has 0 unspecified atom stereocenters. The third-order valence-electron chi connectivity index (χ3n) is 2.63. The summed E-state index contributed by atoms with van der Waals surface area (Å²) >= 11 is 0. The van der Waals surface area contributed by atoms with Crippen molar-refractivity contribution in [1.82, 2.24) is 9.97 Å². The van der Waals surface area contributed by atoms with Crippen LogP contribution in [-0.2, 0) is 20.8 Å². The Morgan fingerprint density at radius 3 is 2.27 bits per heavy atom. The Bertz CT molecular complexity index is 611. The van der Waals surface area contributed by atoms with Crippen molar-refractivity contribution < 1.29 is 24.6 Å². The number of nitrogens with zero attached hydrogens (tertiary/aromatic N) is 4. The zero-order valence-electron chi connectivity index (χ0n) is 12.3. The topological polar surface area (TPSA) is 124 Å². The Hall–Kier alpha value is -2.97. The fraction of sp³-hybridized carbons (Fsp3) is 0.308.